The van der Waals surface area contributed by atoms with Gasteiger partial charge in [-0.05, 0) is 31.2 Å². The number of fused-ring (bicyclic) bond motifs is 3. The zero-order valence-electron chi connectivity index (χ0n) is 11.2. The van der Waals surface area contributed by atoms with Crippen LogP contribution in [-0.2, 0) is 4.74 Å². The number of halogens is 1. The fraction of sp³-hybridized carbons (Fsp3) is 0.286. The topological polar surface area (TPSA) is 73.6 Å². The Labute approximate surface area is 129 Å². The molecule has 0 saturated heterocycles. The van der Waals surface area contributed by atoms with Gasteiger partial charge in [0.1, 0.15) is 24.1 Å². The summed E-state index contributed by atoms with van der Waals surface area (Å²) >= 11 is 3.39. The molecule has 1 unspecified atom stereocenters. The summed E-state index contributed by atoms with van der Waals surface area (Å²) in [7, 11) is 0. The van der Waals surface area contributed by atoms with Gasteiger partial charge in [0.05, 0.1) is 12.3 Å². The van der Waals surface area contributed by atoms with Crippen molar-refractivity contribution in [2.24, 2.45) is 0 Å². The van der Waals surface area contributed by atoms with Crippen LogP contribution in [0.5, 0.6) is 5.75 Å². The number of aliphatic hydroxyl groups excluding tert-OH is 1. The summed E-state index contributed by atoms with van der Waals surface area (Å²) in [6, 6.07) is 6.97. The quantitative estimate of drug-likeness (QED) is 0.839. The number of nitrogens with zero attached hydrogens (tertiary/aromatic N) is 2. The molecule has 0 aliphatic carbocycles. The fourth-order valence-corrected chi connectivity index (χ4v) is 2.51. The predicted molar refractivity (Wildman–Crippen MR) is 77.7 cm³/mol. The molecule has 1 aliphatic rings. The van der Waals surface area contributed by atoms with Gasteiger partial charge in [-0.2, -0.15) is 5.10 Å². The number of ether oxygens (including phenoxy) is 2. The molecule has 7 heteroatoms. The molecule has 21 heavy (non-hydrogen) atoms. The minimum absolute atomic E-state index is 0.0998. The van der Waals surface area contributed by atoms with Crippen molar-refractivity contribution in [2.45, 2.75) is 13.0 Å². The molecule has 6 nitrogen and oxygen atoms in total. The molecular weight excluding hydrogens is 340 g/mol. The lowest BCUT2D eigenvalue weighted by molar-refractivity contribution is 0.0519. The molecule has 0 radical (unpaired) electrons. The molecule has 0 amide bonds. The second-order valence-electron chi connectivity index (χ2n) is 4.53. The maximum Gasteiger partial charge on any atom is 0.358 e. The highest BCUT2D eigenvalue weighted by Crippen LogP contribution is 2.33. The Morgan fingerprint density at radius 1 is 1.57 bits per heavy atom. The van der Waals surface area contributed by atoms with Crippen molar-refractivity contribution in [3.8, 4) is 11.4 Å². The molecule has 3 rings (SSSR count). The number of hydrogen-bond acceptors (Lipinski definition) is 5. The number of aromatic nitrogens is 2. The number of aliphatic hydroxyl groups is 1. The molecule has 2 heterocycles. The van der Waals surface area contributed by atoms with Gasteiger partial charge in [0.25, 0.3) is 0 Å². The van der Waals surface area contributed by atoms with Crippen molar-refractivity contribution in [1.29, 1.82) is 0 Å². The van der Waals surface area contributed by atoms with Crippen LogP contribution in [0.15, 0.2) is 28.7 Å². The van der Waals surface area contributed by atoms with E-state index in [2.05, 4.69) is 21.0 Å². The number of benzene rings is 1. The standard InChI is InChI=1S/C14H13BrN2O4/c1-2-20-14(19)9-6-10-12(18)7-21-13-4-3-8(15)5-11(13)17(10)16-9/h3-6,12,18H,2,7H2,1H3. The van der Waals surface area contributed by atoms with Crippen LogP contribution in [0, 0.1) is 0 Å². The smallest absolute Gasteiger partial charge is 0.358 e. The first-order valence-electron chi connectivity index (χ1n) is 6.48. The van der Waals surface area contributed by atoms with Crippen LogP contribution in [0.3, 0.4) is 0 Å². The molecule has 0 fully saturated rings. The summed E-state index contributed by atoms with van der Waals surface area (Å²) in [6.07, 6.45) is -0.869. The average molecular weight is 353 g/mol. The van der Waals surface area contributed by atoms with Crippen molar-refractivity contribution >= 4 is 21.9 Å². The Bertz CT molecular complexity index is 698. The first kappa shape index (κ1) is 14.1. The second-order valence-corrected chi connectivity index (χ2v) is 5.44. The van der Waals surface area contributed by atoms with E-state index in [0.29, 0.717) is 17.1 Å². The minimum Gasteiger partial charge on any atom is -0.488 e. The Morgan fingerprint density at radius 3 is 3.14 bits per heavy atom. The number of esters is 1. The van der Waals surface area contributed by atoms with Gasteiger partial charge >= 0.3 is 5.97 Å². The summed E-state index contributed by atoms with van der Waals surface area (Å²) in [4.78, 5) is 11.8. The Hall–Kier alpha value is -1.86. The molecule has 1 N–H and O–H groups in total. The van der Waals surface area contributed by atoms with Crippen LogP contribution >= 0.6 is 15.9 Å². The Kier molecular flexibility index (Phi) is 3.69. The van der Waals surface area contributed by atoms with Crippen molar-refractivity contribution in [2.75, 3.05) is 13.2 Å². The summed E-state index contributed by atoms with van der Waals surface area (Å²) < 4.78 is 12.9. The summed E-state index contributed by atoms with van der Waals surface area (Å²) in [5.74, 6) is 0.0808. The van der Waals surface area contributed by atoms with E-state index in [9.17, 15) is 9.90 Å². The number of carbonyl (C=O) groups is 1. The Morgan fingerprint density at radius 2 is 2.38 bits per heavy atom. The molecular formula is C14H13BrN2O4. The normalized spacial score (nSPS) is 16.4. The van der Waals surface area contributed by atoms with Crippen molar-refractivity contribution < 1.29 is 19.4 Å². The second kappa shape index (κ2) is 5.50. The van der Waals surface area contributed by atoms with E-state index in [-0.39, 0.29) is 18.9 Å². The number of hydrogen-bond donors (Lipinski definition) is 1. The SMILES string of the molecule is CCOC(=O)c1cc2n(n1)-c1cc(Br)ccc1OCC2O. The van der Waals surface area contributed by atoms with E-state index in [1.165, 1.54) is 10.7 Å². The maximum atomic E-state index is 11.8. The highest BCUT2D eigenvalue weighted by Gasteiger charge is 2.26. The van der Waals surface area contributed by atoms with Gasteiger partial charge in [0, 0.05) is 4.47 Å². The van der Waals surface area contributed by atoms with Crippen LogP contribution in [0.1, 0.15) is 29.2 Å². The molecule has 110 valence electrons. The molecule has 2 aromatic rings. The third kappa shape index (κ3) is 2.54. The predicted octanol–water partition coefficient (Wildman–Crippen LogP) is 2.24. The minimum atomic E-state index is -0.869. The first-order valence-corrected chi connectivity index (χ1v) is 7.27. The molecule has 1 aliphatic heterocycles. The maximum absolute atomic E-state index is 11.8. The first-order chi connectivity index (χ1) is 10.1. The highest BCUT2D eigenvalue weighted by molar-refractivity contribution is 9.10. The van der Waals surface area contributed by atoms with E-state index in [0.717, 1.165) is 4.47 Å². The van der Waals surface area contributed by atoms with Crippen molar-refractivity contribution in [3.05, 3.63) is 40.1 Å². The lowest BCUT2D eigenvalue weighted by atomic mass is 10.2. The molecule has 0 saturated carbocycles. The number of rotatable bonds is 2. The van der Waals surface area contributed by atoms with Crippen LogP contribution < -0.4 is 4.74 Å². The van der Waals surface area contributed by atoms with Crippen LogP contribution in [-0.4, -0.2) is 34.1 Å². The zero-order valence-corrected chi connectivity index (χ0v) is 12.8. The van der Waals surface area contributed by atoms with Gasteiger partial charge in [0.15, 0.2) is 5.69 Å². The largest absolute Gasteiger partial charge is 0.488 e. The van der Waals surface area contributed by atoms with Crippen LogP contribution in [0.25, 0.3) is 5.69 Å². The molecule has 1 aromatic carbocycles. The van der Waals surface area contributed by atoms with E-state index in [1.807, 2.05) is 12.1 Å². The lowest BCUT2D eigenvalue weighted by Crippen LogP contribution is -2.09. The molecule has 0 spiro atoms. The van der Waals surface area contributed by atoms with Gasteiger partial charge < -0.3 is 14.6 Å². The van der Waals surface area contributed by atoms with Crippen molar-refractivity contribution in [3.63, 3.8) is 0 Å². The van der Waals surface area contributed by atoms with Crippen molar-refractivity contribution in [1.82, 2.24) is 9.78 Å². The fourth-order valence-electron chi connectivity index (χ4n) is 2.16. The van der Waals surface area contributed by atoms with E-state index in [1.54, 1.807) is 13.0 Å². The number of carbonyl (C=O) groups excluding carboxylic acids is 1. The van der Waals surface area contributed by atoms with Crippen LogP contribution in [0.4, 0.5) is 0 Å². The summed E-state index contributed by atoms with van der Waals surface area (Å²) in [6.45, 7) is 2.10. The highest BCUT2D eigenvalue weighted by atomic mass is 79.9. The van der Waals surface area contributed by atoms with Gasteiger partial charge in [-0.1, -0.05) is 15.9 Å². The van der Waals surface area contributed by atoms with Gasteiger partial charge in [-0.15, -0.1) is 0 Å². The lowest BCUT2D eigenvalue weighted by Gasteiger charge is -2.08. The van der Waals surface area contributed by atoms with E-state index in [4.69, 9.17) is 9.47 Å². The third-order valence-corrected chi connectivity index (χ3v) is 3.60. The molecule has 0 bridgehead atoms. The summed E-state index contributed by atoms with van der Waals surface area (Å²) in [5, 5.41) is 14.4. The monoisotopic (exact) mass is 352 g/mol. The molecule has 1 atom stereocenters. The van der Waals surface area contributed by atoms with E-state index < -0.39 is 12.1 Å². The Balaban J connectivity index is 2.14. The third-order valence-electron chi connectivity index (χ3n) is 3.11. The average Bonchev–Trinajstić information content (AvgIpc) is 2.86. The van der Waals surface area contributed by atoms with E-state index >= 15 is 0 Å². The summed E-state index contributed by atoms with van der Waals surface area (Å²) in [5.41, 5.74) is 1.32. The molecule has 1 aromatic heterocycles. The van der Waals surface area contributed by atoms with Gasteiger partial charge in [0.2, 0.25) is 0 Å². The van der Waals surface area contributed by atoms with Gasteiger partial charge in [-0.25, -0.2) is 9.48 Å². The van der Waals surface area contributed by atoms with Gasteiger partial charge in [-0.3, -0.25) is 0 Å². The van der Waals surface area contributed by atoms with Crippen LogP contribution in [0.2, 0.25) is 0 Å². The zero-order chi connectivity index (χ0) is 15.0.